The zero-order chi connectivity index (χ0) is 10.1. The van der Waals surface area contributed by atoms with E-state index in [-0.39, 0.29) is 0 Å². The van der Waals surface area contributed by atoms with Crippen molar-refractivity contribution in [2.45, 2.75) is 20.3 Å². The Morgan fingerprint density at radius 2 is 2.36 bits per heavy atom. The van der Waals surface area contributed by atoms with E-state index in [0.717, 1.165) is 22.6 Å². The molecule has 0 spiro atoms. The summed E-state index contributed by atoms with van der Waals surface area (Å²) < 4.78 is 5.22. The second kappa shape index (κ2) is 3.46. The molecule has 74 valence electrons. The van der Waals surface area contributed by atoms with Crippen LogP contribution in [0.25, 0.3) is 10.6 Å². The molecule has 2 aromatic rings. The van der Waals surface area contributed by atoms with E-state index < -0.39 is 0 Å². The van der Waals surface area contributed by atoms with Gasteiger partial charge in [0.25, 0.3) is 0 Å². The van der Waals surface area contributed by atoms with Crippen LogP contribution in [-0.4, -0.2) is 5.16 Å². The Hall–Kier alpha value is -1.29. The van der Waals surface area contributed by atoms with Crippen molar-refractivity contribution in [2.24, 2.45) is 0 Å². The van der Waals surface area contributed by atoms with Crippen molar-refractivity contribution < 1.29 is 4.52 Å². The summed E-state index contributed by atoms with van der Waals surface area (Å²) in [6.07, 6.45) is 0.999. The zero-order valence-electron chi connectivity index (χ0n) is 8.20. The Morgan fingerprint density at radius 1 is 1.57 bits per heavy atom. The van der Waals surface area contributed by atoms with Crippen LogP contribution >= 0.6 is 11.3 Å². The number of nitrogen functional groups attached to an aromatic ring is 1. The Bertz CT molecular complexity index is 445. The second-order valence-electron chi connectivity index (χ2n) is 3.15. The van der Waals surface area contributed by atoms with Crippen LogP contribution in [0, 0.1) is 6.92 Å². The largest absolute Gasteiger partial charge is 0.381 e. The second-order valence-corrected chi connectivity index (χ2v) is 4.07. The van der Waals surface area contributed by atoms with Crippen molar-refractivity contribution in [1.82, 2.24) is 5.16 Å². The Labute approximate surface area is 86.5 Å². The van der Waals surface area contributed by atoms with E-state index in [4.69, 9.17) is 10.3 Å². The third-order valence-corrected chi connectivity index (χ3v) is 3.25. The minimum Gasteiger partial charge on any atom is -0.381 e. The SMILES string of the molecule is CCc1ccsc1-c1onc(N)c1C. The number of aryl methyl sites for hydroxylation is 1. The third-order valence-electron chi connectivity index (χ3n) is 2.29. The molecule has 0 aliphatic rings. The number of nitrogens with two attached hydrogens (primary N) is 1. The van der Waals surface area contributed by atoms with Crippen LogP contribution < -0.4 is 5.73 Å². The summed E-state index contributed by atoms with van der Waals surface area (Å²) in [5, 5.41) is 5.82. The molecule has 2 N–H and O–H groups in total. The number of hydrogen-bond acceptors (Lipinski definition) is 4. The lowest BCUT2D eigenvalue weighted by molar-refractivity contribution is 0.436. The first-order valence-corrected chi connectivity index (χ1v) is 5.40. The molecular formula is C10H12N2OS. The normalized spacial score (nSPS) is 10.7. The summed E-state index contributed by atoms with van der Waals surface area (Å²) in [5.74, 6) is 1.30. The number of rotatable bonds is 2. The molecule has 0 saturated heterocycles. The average molecular weight is 208 g/mol. The molecule has 3 nitrogen and oxygen atoms in total. The van der Waals surface area contributed by atoms with Gasteiger partial charge in [0.2, 0.25) is 0 Å². The van der Waals surface area contributed by atoms with Crippen molar-refractivity contribution in [3.05, 3.63) is 22.6 Å². The quantitative estimate of drug-likeness (QED) is 0.825. The van der Waals surface area contributed by atoms with Gasteiger partial charge in [-0.2, -0.15) is 0 Å². The summed E-state index contributed by atoms with van der Waals surface area (Å²) >= 11 is 1.67. The molecule has 0 radical (unpaired) electrons. The summed E-state index contributed by atoms with van der Waals surface area (Å²) in [4.78, 5) is 1.15. The minimum atomic E-state index is 0.482. The fourth-order valence-electron chi connectivity index (χ4n) is 1.37. The van der Waals surface area contributed by atoms with Crippen LogP contribution in [0.1, 0.15) is 18.1 Å². The first kappa shape index (κ1) is 9.27. The van der Waals surface area contributed by atoms with Crippen molar-refractivity contribution in [3.63, 3.8) is 0 Å². The van der Waals surface area contributed by atoms with E-state index in [1.54, 1.807) is 11.3 Å². The van der Waals surface area contributed by atoms with E-state index in [0.29, 0.717) is 5.82 Å². The van der Waals surface area contributed by atoms with Crippen LogP contribution in [0.5, 0.6) is 0 Å². The molecule has 0 fully saturated rings. The van der Waals surface area contributed by atoms with Crippen LogP contribution in [0.15, 0.2) is 16.0 Å². The molecule has 0 bridgehead atoms. The first-order valence-electron chi connectivity index (χ1n) is 4.52. The van der Waals surface area contributed by atoms with Crippen molar-refractivity contribution in [2.75, 3.05) is 5.73 Å². The van der Waals surface area contributed by atoms with Gasteiger partial charge in [-0.05, 0) is 30.4 Å². The molecule has 2 aromatic heterocycles. The number of hydrogen-bond donors (Lipinski definition) is 1. The minimum absolute atomic E-state index is 0.482. The number of thiophene rings is 1. The molecule has 2 heterocycles. The lowest BCUT2D eigenvalue weighted by atomic mass is 10.1. The lowest BCUT2D eigenvalue weighted by Crippen LogP contribution is -1.86. The molecule has 4 heteroatoms. The maximum absolute atomic E-state index is 5.64. The predicted octanol–water partition coefficient (Wildman–Crippen LogP) is 2.86. The Kier molecular flexibility index (Phi) is 2.29. The highest BCUT2D eigenvalue weighted by atomic mass is 32.1. The summed E-state index contributed by atoms with van der Waals surface area (Å²) in [5.41, 5.74) is 7.86. The van der Waals surface area contributed by atoms with Crippen LogP contribution in [0.2, 0.25) is 0 Å². The standard InChI is InChI=1S/C10H12N2OS/c1-3-7-4-5-14-9(7)8-6(2)10(11)12-13-8/h4-5H,3H2,1-2H3,(H2,11,12). The molecule has 0 amide bonds. The number of aromatic nitrogens is 1. The summed E-state index contributed by atoms with van der Waals surface area (Å²) in [6.45, 7) is 4.06. The highest BCUT2D eigenvalue weighted by molar-refractivity contribution is 7.13. The van der Waals surface area contributed by atoms with E-state index in [1.165, 1.54) is 5.56 Å². The van der Waals surface area contributed by atoms with Gasteiger partial charge in [-0.1, -0.05) is 12.1 Å². The molecule has 0 unspecified atom stereocenters. The monoisotopic (exact) mass is 208 g/mol. The van der Waals surface area contributed by atoms with E-state index in [2.05, 4.69) is 23.5 Å². The van der Waals surface area contributed by atoms with Crippen molar-refractivity contribution in [3.8, 4) is 10.6 Å². The van der Waals surface area contributed by atoms with E-state index in [9.17, 15) is 0 Å². The smallest absolute Gasteiger partial charge is 0.182 e. The van der Waals surface area contributed by atoms with E-state index in [1.807, 2.05) is 6.92 Å². The zero-order valence-corrected chi connectivity index (χ0v) is 9.02. The van der Waals surface area contributed by atoms with Gasteiger partial charge < -0.3 is 10.3 Å². The highest BCUT2D eigenvalue weighted by Crippen LogP contribution is 2.34. The van der Waals surface area contributed by atoms with Gasteiger partial charge in [0.15, 0.2) is 11.6 Å². The molecule has 2 rings (SSSR count). The highest BCUT2D eigenvalue weighted by Gasteiger charge is 2.15. The number of anilines is 1. The predicted molar refractivity (Wildman–Crippen MR) is 58.3 cm³/mol. The lowest BCUT2D eigenvalue weighted by Gasteiger charge is -1.96. The maximum atomic E-state index is 5.64. The fourth-order valence-corrected chi connectivity index (χ4v) is 2.40. The van der Waals surface area contributed by atoms with E-state index >= 15 is 0 Å². The molecule has 14 heavy (non-hydrogen) atoms. The number of nitrogens with zero attached hydrogens (tertiary/aromatic N) is 1. The van der Waals surface area contributed by atoms with Gasteiger partial charge in [-0.15, -0.1) is 11.3 Å². The van der Waals surface area contributed by atoms with Gasteiger partial charge in [-0.3, -0.25) is 0 Å². The summed E-state index contributed by atoms with van der Waals surface area (Å²) in [7, 11) is 0. The third kappa shape index (κ3) is 1.32. The topological polar surface area (TPSA) is 52.0 Å². The van der Waals surface area contributed by atoms with Gasteiger partial charge in [0, 0.05) is 5.56 Å². The van der Waals surface area contributed by atoms with Crippen LogP contribution in [0.3, 0.4) is 0 Å². The molecular weight excluding hydrogens is 196 g/mol. The molecule has 0 aromatic carbocycles. The van der Waals surface area contributed by atoms with Gasteiger partial charge in [0.05, 0.1) is 4.88 Å². The first-order chi connectivity index (χ1) is 6.74. The van der Waals surface area contributed by atoms with Gasteiger partial charge in [-0.25, -0.2) is 0 Å². The Balaban J connectivity index is 2.54. The molecule has 0 atom stereocenters. The maximum Gasteiger partial charge on any atom is 0.182 e. The Morgan fingerprint density at radius 3 is 2.93 bits per heavy atom. The molecule has 0 aliphatic heterocycles. The average Bonchev–Trinajstić information content (AvgIpc) is 2.75. The van der Waals surface area contributed by atoms with Gasteiger partial charge >= 0.3 is 0 Å². The van der Waals surface area contributed by atoms with Crippen LogP contribution in [-0.2, 0) is 6.42 Å². The van der Waals surface area contributed by atoms with Crippen LogP contribution in [0.4, 0.5) is 5.82 Å². The fraction of sp³-hybridized carbons (Fsp3) is 0.300. The molecule has 0 aliphatic carbocycles. The van der Waals surface area contributed by atoms with Crippen molar-refractivity contribution in [1.29, 1.82) is 0 Å². The van der Waals surface area contributed by atoms with Gasteiger partial charge in [0.1, 0.15) is 0 Å². The van der Waals surface area contributed by atoms with Crippen molar-refractivity contribution >= 4 is 17.2 Å². The summed E-state index contributed by atoms with van der Waals surface area (Å²) in [6, 6.07) is 2.11. The molecule has 0 saturated carbocycles.